The molecule has 5 rings (SSSR count). The summed E-state index contributed by atoms with van der Waals surface area (Å²) in [6, 6.07) is 28.6. The third-order valence-electron chi connectivity index (χ3n) is 6.81. The van der Waals surface area contributed by atoms with Crippen molar-refractivity contribution >= 4 is 67.9 Å². The topological polar surface area (TPSA) is 119 Å². The van der Waals surface area contributed by atoms with Gasteiger partial charge in [0.15, 0.2) is 5.13 Å². The van der Waals surface area contributed by atoms with Crippen molar-refractivity contribution in [2.24, 2.45) is 0 Å². The third-order valence-corrected chi connectivity index (χ3v) is 9.11. The standard InChI is InChI=1S/C35H32N4O5S2/c1-4-30(34(42)39-35-38-28-18-17-26(44-3)21-31(28)46-35)45-27-12-8-11-24(20-27)36-33(41)29(19-22-13-15-25(43-2)16-14-22)37-32(40)23-9-6-5-7-10-23/h5-21,30H,4H2,1-3H3,(H,36,41)(H,37,40)(H,38,39,42)/b29-19+. The molecule has 4 aromatic carbocycles. The van der Waals surface area contributed by atoms with Gasteiger partial charge in [-0.3, -0.25) is 14.4 Å². The highest BCUT2D eigenvalue weighted by molar-refractivity contribution is 8.00. The van der Waals surface area contributed by atoms with E-state index in [1.54, 1.807) is 87.0 Å². The fourth-order valence-corrected chi connectivity index (χ4v) is 6.32. The van der Waals surface area contributed by atoms with E-state index in [1.165, 1.54) is 23.1 Å². The molecule has 0 aliphatic rings. The van der Waals surface area contributed by atoms with Crippen molar-refractivity contribution in [2.75, 3.05) is 24.9 Å². The molecule has 0 saturated carbocycles. The number of amides is 3. The van der Waals surface area contributed by atoms with Gasteiger partial charge in [-0.1, -0.05) is 54.7 Å². The summed E-state index contributed by atoms with van der Waals surface area (Å²) in [5, 5.41) is 8.70. The second-order valence-electron chi connectivity index (χ2n) is 9.99. The van der Waals surface area contributed by atoms with Crippen molar-refractivity contribution in [3.63, 3.8) is 0 Å². The highest BCUT2D eigenvalue weighted by Crippen LogP contribution is 2.32. The Bertz CT molecular complexity index is 1870. The zero-order valence-electron chi connectivity index (χ0n) is 25.4. The van der Waals surface area contributed by atoms with E-state index in [9.17, 15) is 14.4 Å². The maximum atomic E-state index is 13.5. The van der Waals surface area contributed by atoms with Crippen LogP contribution in [0.3, 0.4) is 0 Å². The first-order chi connectivity index (χ1) is 22.3. The number of nitrogens with one attached hydrogen (secondary N) is 3. The van der Waals surface area contributed by atoms with Crippen LogP contribution >= 0.6 is 23.1 Å². The Balaban J connectivity index is 1.29. The van der Waals surface area contributed by atoms with E-state index in [4.69, 9.17) is 9.47 Å². The predicted molar refractivity (Wildman–Crippen MR) is 185 cm³/mol. The smallest absolute Gasteiger partial charge is 0.272 e. The fraction of sp³-hybridized carbons (Fsp3) is 0.143. The molecule has 0 saturated heterocycles. The summed E-state index contributed by atoms with van der Waals surface area (Å²) in [5.74, 6) is 0.320. The Morgan fingerprint density at radius 1 is 0.870 bits per heavy atom. The van der Waals surface area contributed by atoms with E-state index in [0.717, 1.165) is 20.9 Å². The molecule has 0 fully saturated rings. The summed E-state index contributed by atoms with van der Waals surface area (Å²) in [5.41, 5.74) is 2.48. The highest BCUT2D eigenvalue weighted by atomic mass is 32.2. The number of nitrogens with zero attached hydrogens (tertiary/aromatic N) is 1. The van der Waals surface area contributed by atoms with Crippen LogP contribution in [0.2, 0.25) is 0 Å². The lowest BCUT2D eigenvalue weighted by atomic mass is 10.1. The van der Waals surface area contributed by atoms with Gasteiger partial charge in [0, 0.05) is 16.1 Å². The second-order valence-corrected chi connectivity index (χ2v) is 12.3. The van der Waals surface area contributed by atoms with Crippen LogP contribution in [0, 0.1) is 0 Å². The largest absolute Gasteiger partial charge is 0.497 e. The number of hydrogen-bond acceptors (Lipinski definition) is 8. The summed E-state index contributed by atoms with van der Waals surface area (Å²) >= 11 is 2.77. The zero-order valence-corrected chi connectivity index (χ0v) is 27.0. The van der Waals surface area contributed by atoms with Crippen molar-refractivity contribution < 1.29 is 23.9 Å². The van der Waals surface area contributed by atoms with Gasteiger partial charge in [0.05, 0.1) is 29.7 Å². The number of carbonyl (C=O) groups excluding carboxylic acids is 3. The molecular formula is C35H32N4O5S2. The monoisotopic (exact) mass is 652 g/mol. The molecule has 0 aliphatic heterocycles. The molecule has 11 heteroatoms. The van der Waals surface area contributed by atoms with Gasteiger partial charge in [-0.05, 0) is 78.7 Å². The molecule has 234 valence electrons. The number of benzene rings is 4. The van der Waals surface area contributed by atoms with Crippen molar-refractivity contribution in [3.05, 3.63) is 114 Å². The lowest BCUT2D eigenvalue weighted by molar-refractivity contribution is -0.116. The number of ether oxygens (including phenoxy) is 2. The summed E-state index contributed by atoms with van der Waals surface area (Å²) in [7, 11) is 3.18. The van der Waals surface area contributed by atoms with Gasteiger partial charge in [-0.25, -0.2) is 4.98 Å². The average molecular weight is 653 g/mol. The molecule has 1 atom stereocenters. The van der Waals surface area contributed by atoms with E-state index < -0.39 is 17.1 Å². The van der Waals surface area contributed by atoms with E-state index >= 15 is 0 Å². The molecular weight excluding hydrogens is 621 g/mol. The fourth-order valence-electron chi connectivity index (χ4n) is 4.41. The van der Waals surface area contributed by atoms with Gasteiger partial charge < -0.3 is 25.4 Å². The van der Waals surface area contributed by atoms with Crippen LogP contribution in [-0.2, 0) is 9.59 Å². The third kappa shape index (κ3) is 8.32. The van der Waals surface area contributed by atoms with Crippen molar-refractivity contribution in [3.8, 4) is 11.5 Å². The molecule has 0 radical (unpaired) electrons. The maximum Gasteiger partial charge on any atom is 0.272 e. The first-order valence-corrected chi connectivity index (χ1v) is 16.1. The van der Waals surface area contributed by atoms with Gasteiger partial charge in [-0.15, -0.1) is 11.8 Å². The van der Waals surface area contributed by atoms with Gasteiger partial charge >= 0.3 is 0 Å². The Morgan fingerprint density at radius 3 is 2.33 bits per heavy atom. The number of anilines is 2. The minimum absolute atomic E-state index is 0.0661. The number of rotatable bonds is 12. The summed E-state index contributed by atoms with van der Waals surface area (Å²) < 4.78 is 11.4. The first kappa shape index (κ1) is 32.3. The maximum absolute atomic E-state index is 13.5. The lowest BCUT2D eigenvalue weighted by Gasteiger charge is -2.15. The molecule has 0 bridgehead atoms. The van der Waals surface area contributed by atoms with Crippen molar-refractivity contribution in [1.29, 1.82) is 0 Å². The van der Waals surface area contributed by atoms with Gasteiger partial charge in [-0.2, -0.15) is 0 Å². The molecule has 0 aliphatic carbocycles. The SMILES string of the molecule is CCC(Sc1cccc(NC(=O)/C(=C\c2ccc(OC)cc2)NC(=O)c2ccccc2)c1)C(=O)Nc1nc2ccc(OC)cc2s1. The average Bonchev–Trinajstić information content (AvgIpc) is 3.49. The highest BCUT2D eigenvalue weighted by Gasteiger charge is 2.21. The summed E-state index contributed by atoms with van der Waals surface area (Å²) in [6.07, 6.45) is 2.18. The Labute approximate surface area is 275 Å². The van der Waals surface area contributed by atoms with Crippen LogP contribution in [0.5, 0.6) is 11.5 Å². The quantitative estimate of drug-likeness (QED) is 0.0961. The number of methoxy groups -OCH3 is 2. The van der Waals surface area contributed by atoms with Crippen LogP contribution < -0.4 is 25.4 Å². The van der Waals surface area contributed by atoms with Gasteiger partial charge in [0.25, 0.3) is 11.8 Å². The molecule has 9 nitrogen and oxygen atoms in total. The second kappa shape index (κ2) is 15.2. The van der Waals surface area contributed by atoms with Gasteiger partial charge in [0.2, 0.25) is 5.91 Å². The van der Waals surface area contributed by atoms with Crippen LogP contribution in [0.1, 0.15) is 29.3 Å². The molecule has 0 spiro atoms. The normalized spacial score (nSPS) is 11.8. The van der Waals surface area contributed by atoms with E-state index in [1.807, 2.05) is 37.3 Å². The Hall–Kier alpha value is -5.13. The van der Waals surface area contributed by atoms with E-state index in [-0.39, 0.29) is 11.6 Å². The van der Waals surface area contributed by atoms with Crippen LogP contribution in [0.15, 0.2) is 108 Å². The Kier molecular flexibility index (Phi) is 10.7. The molecule has 1 unspecified atom stereocenters. The number of thioether (sulfide) groups is 1. The van der Waals surface area contributed by atoms with E-state index in [2.05, 4.69) is 20.9 Å². The summed E-state index contributed by atoms with van der Waals surface area (Å²) in [6.45, 7) is 1.94. The van der Waals surface area contributed by atoms with E-state index in [0.29, 0.717) is 34.1 Å². The Morgan fingerprint density at radius 2 is 1.61 bits per heavy atom. The lowest BCUT2D eigenvalue weighted by Crippen LogP contribution is -2.30. The number of hydrogen-bond donors (Lipinski definition) is 3. The van der Waals surface area contributed by atoms with Crippen LogP contribution in [0.4, 0.5) is 10.8 Å². The van der Waals surface area contributed by atoms with Crippen molar-refractivity contribution in [2.45, 2.75) is 23.5 Å². The molecule has 1 heterocycles. The molecule has 46 heavy (non-hydrogen) atoms. The predicted octanol–water partition coefficient (Wildman–Crippen LogP) is 7.23. The minimum Gasteiger partial charge on any atom is -0.497 e. The summed E-state index contributed by atoms with van der Waals surface area (Å²) in [4.78, 5) is 45.0. The number of thiazole rings is 1. The number of fused-ring (bicyclic) bond motifs is 1. The van der Waals surface area contributed by atoms with Crippen LogP contribution in [0.25, 0.3) is 16.3 Å². The minimum atomic E-state index is -0.500. The molecule has 3 amide bonds. The molecule has 1 aromatic heterocycles. The number of aromatic nitrogens is 1. The molecule has 3 N–H and O–H groups in total. The van der Waals surface area contributed by atoms with Crippen LogP contribution in [-0.4, -0.2) is 42.2 Å². The van der Waals surface area contributed by atoms with Crippen molar-refractivity contribution in [1.82, 2.24) is 10.3 Å². The van der Waals surface area contributed by atoms with Gasteiger partial charge in [0.1, 0.15) is 17.2 Å². The first-order valence-electron chi connectivity index (χ1n) is 14.4. The number of carbonyl (C=O) groups is 3. The molecule has 5 aromatic rings. The zero-order chi connectivity index (χ0) is 32.5.